The van der Waals surface area contributed by atoms with Crippen molar-refractivity contribution in [3.05, 3.63) is 0 Å². The maximum atomic E-state index is 10.4. The molecular weight excluding hydrogens is 140 g/mol. The molecule has 1 amide bonds. The molecule has 0 saturated carbocycles. The smallest absolute Gasteiger partial charge is 0.296 e. The molecule has 0 aromatic carbocycles. The van der Waals surface area contributed by atoms with Gasteiger partial charge >= 0.3 is 0 Å². The number of aliphatic hydroxyl groups excluding tert-OH is 1. The number of amidine groups is 1. The van der Waals surface area contributed by atoms with Crippen molar-refractivity contribution in [1.82, 2.24) is 5.32 Å². The quantitative estimate of drug-likeness (QED) is 0.347. The fourth-order valence-corrected chi connectivity index (χ4v) is 0.478. The normalized spacial score (nSPS) is 25.7. The van der Waals surface area contributed by atoms with E-state index in [1.54, 1.807) is 5.32 Å². The molecule has 0 radical (unpaired) electrons. The van der Waals surface area contributed by atoms with Crippen LogP contribution in [0.15, 0.2) is 4.99 Å². The van der Waals surface area contributed by atoms with Crippen molar-refractivity contribution in [2.45, 2.75) is 6.23 Å². The third-order valence-electron chi connectivity index (χ3n) is 0.918. The third-order valence-corrected chi connectivity index (χ3v) is 0.918. The van der Waals surface area contributed by atoms with Crippen LogP contribution in [0, 0.1) is 0 Å². The molecule has 1 heterocycles. The van der Waals surface area contributed by atoms with Gasteiger partial charge in [0, 0.05) is 0 Å². The maximum absolute atomic E-state index is 10.4. The Morgan fingerprint density at radius 2 is 2.20 bits per heavy atom. The second-order valence-electron chi connectivity index (χ2n) is 1.63. The van der Waals surface area contributed by atoms with E-state index in [1.807, 2.05) is 0 Å². The van der Waals surface area contributed by atoms with Crippen LogP contribution in [0.1, 0.15) is 0 Å². The van der Waals surface area contributed by atoms with E-state index in [2.05, 4.69) is 4.99 Å². The summed E-state index contributed by atoms with van der Waals surface area (Å²) in [6.45, 7) is 0. The monoisotopic (exact) mass is 143 g/mol. The first kappa shape index (κ1) is 6.69. The van der Waals surface area contributed by atoms with E-state index >= 15 is 0 Å². The van der Waals surface area contributed by atoms with E-state index in [-0.39, 0.29) is 0 Å². The van der Waals surface area contributed by atoms with Crippen LogP contribution >= 0.6 is 0 Å². The number of amides is 1. The van der Waals surface area contributed by atoms with Gasteiger partial charge in [0.15, 0.2) is 0 Å². The van der Waals surface area contributed by atoms with Gasteiger partial charge in [-0.2, -0.15) is 0 Å². The van der Waals surface area contributed by atoms with Gasteiger partial charge in [0.1, 0.15) is 0 Å². The van der Waals surface area contributed by atoms with Crippen LogP contribution in [0.25, 0.3) is 0 Å². The number of hydrogen-bond donors (Lipinski definition) is 2. The van der Waals surface area contributed by atoms with Crippen molar-refractivity contribution >= 4 is 17.7 Å². The predicted octanol–water partition coefficient (Wildman–Crippen LogP) is -3.28. The lowest BCUT2D eigenvalue weighted by Crippen LogP contribution is -2.51. The average molecular weight is 143 g/mol. The van der Waals surface area contributed by atoms with Crippen molar-refractivity contribution in [2.24, 2.45) is 4.99 Å². The summed E-state index contributed by atoms with van der Waals surface area (Å²) >= 11 is 0. The summed E-state index contributed by atoms with van der Waals surface area (Å²) in [6, 6.07) is -0.989. The summed E-state index contributed by atoms with van der Waals surface area (Å²) in [4.78, 5) is 23.5. The van der Waals surface area contributed by atoms with Gasteiger partial charge < -0.3 is 15.5 Å². The zero-order chi connectivity index (χ0) is 7.72. The minimum absolute atomic E-state index is 0.989. The Hall–Kier alpha value is -1.43. The number of nitrogens with zero attached hydrogens (tertiary/aromatic N) is 1. The number of Topliss-reactive ketones (excluding diaryl/α,β-unsaturated/α-hetero) is 1. The highest BCUT2D eigenvalue weighted by Crippen LogP contribution is 1.92. The molecular formula is C4H3N2O4-. The molecule has 0 aromatic heterocycles. The molecule has 0 unspecified atom stereocenters. The molecule has 2 N–H and O–H groups in total. The number of carbonyl (C=O) groups excluding carboxylic acids is 2. The first-order valence-corrected chi connectivity index (χ1v) is 2.39. The van der Waals surface area contributed by atoms with Crippen LogP contribution in [0.3, 0.4) is 0 Å². The van der Waals surface area contributed by atoms with Gasteiger partial charge in [-0.05, 0) is 0 Å². The molecule has 1 aliphatic rings. The summed E-state index contributed by atoms with van der Waals surface area (Å²) in [5.41, 5.74) is 0. The molecule has 1 atom stereocenters. The Morgan fingerprint density at radius 3 is 2.70 bits per heavy atom. The van der Waals surface area contributed by atoms with Crippen LogP contribution in [-0.2, 0) is 9.59 Å². The minimum Gasteiger partial charge on any atom is -0.846 e. The molecule has 6 nitrogen and oxygen atoms in total. The van der Waals surface area contributed by atoms with Gasteiger partial charge in [-0.25, -0.2) is 4.99 Å². The lowest BCUT2D eigenvalue weighted by Gasteiger charge is -2.18. The number of ketones is 1. The molecule has 10 heavy (non-hydrogen) atoms. The Bertz CT molecular complexity index is 221. The van der Waals surface area contributed by atoms with Crippen molar-refractivity contribution in [1.29, 1.82) is 0 Å². The van der Waals surface area contributed by atoms with E-state index in [4.69, 9.17) is 5.11 Å². The molecule has 0 aromatic rings. The van der Waals surface area contributed by atoms with Gasteiger partial charge in [-0.3, -0.25) is 9.59 Å². The van der Waals surface area contributed by atoms with Gasteiger partial charge in [0.25, 0.3) is 11.7 Å². The second kappa shape index (κ2) is 2.07. The van der Waals surface area contributed by atoms with E-state index < -0.39 is 23.9 Å². The fourth-order valence-electron chi connectivity index (χ4n) is 0.478. The number of nitrogens with one attached hydrogen (secondary N) is 1. The Morgan fingerprint density at radius 1 is 1.60 bits per heavy atom. The highest BCUT2D eigenvalue weighted by atomic mass is 16.3. The van der Waals surface area contributed by atoms with Crippen LogP contribution in [0.2, 0.25) is 0 Å². The third kappa shape index (κ3) is 0.960. The molecule has 0 saturated heterocycles. The molecule has 54 valence electrons. The topological polar surface area (TPSA) is 102 Å². The van der Waals surface area contributed by atoms with Crippen molar-refractivity contribution in [3.8, 4) is 0 Å². The van der Waals surface area contributed by atoms with Crippen LogP contribution in [0.4, 0.5) is 0 Å². The zero-order valence-electron chi connectivity index (χ0n) is 4.70. The number of aliphatic imine (C=N–C) groups is 1. The first-order valence-electron chi connectivity index (χ1n) is 2.39. The van der Waals surface area contributed by atoms with E-state index in [0.29, 0.717) is 0 Å². The summed E-state index contributed by atoms with van der Waals surface area (Å²) in [5.74, 6) is -2.23. The molecule has 0 fully saturated rings. The fraction of sp³-hybridized carbons (Fsp3) is 0.250. The Kier molecular flexibility index (Phi) is 1.38. The molecule has 0 bridgehead atoms. The van der Waals surface area contributed by atoms with E-state index in [9.17, 15) is 14.7 Å². The lowest BCUT2D eigenvalue weighted by atomic mass is 10.3. The van der Waals surface area contributed by atoms with Crippen LogP contribution in [0.5, 0.6) is 0 Å². The predicted molar refractivity (Wildman–Crippen MR) is 26.6 cm³/mol. The number of hydrogen-bond acceptors (Lipinski definition) is 5. The maximum Gasteiger partial charge on any atom is 0.296 e. The molecule has 6 heteroatoms. The van der Waals surface area contributed by atoms with E-state index in [1.165, 1.54) is 0 Å². The summed E-state index contributed by atoms with van der Waals surface area (Å²) < 4.78 is 0. The Balaban J connectivity index is 2.89. The SMILES string of the molecule is O=C1NC([O-])=N[C@H](O)C1=O. The van der Waals surface area contributed by atoms with Gasteiger partial charge in [-0.1, -0.05) is 0 Å². The highest BCUT2D eigenvalue weighted by Gasteiger charge is 2.25. The first-order chi connectivity index (χ1) is 4.61. The van der Waals surface area contributed by atoms with Crippen molar-refractivity contribution < 1.29 is 19.8 Å². The minimum atomic E-state index is -1.82. The lowest BCUT2D eigenvalue weighted by molar-refractivity contribution is -0.224. The van der Waals surface area contributed by atoms with Gasteiger partial charge in [0.2, 0.25) is 6.23 Å². The largest absolute Gasteiger partial charge is 0.846 e. The number of rotatable bonds is 0. The van der Waals surface area contributed by atoms with Gasteiger partial charge in [0.05, 0.1) is 6.02 Å². The molecule has 0 aliphatic carbocycles. The van der Waals surface area contributed by atoms with E-state index in [0.717, 1.165) is 0 Å². The van der Waals surface area contributed by atoms with Crippen molar-refractivity contribution in [3.63, 3.8) is 0 Å². The number of carbonyl (C=O) groups is 2. The Labute approximate surface area is 55.2 Å². The van der Waals surface area contributed by atoms with Gasteiger partial charge in [-0.15, -0.1) is 0 Å². The zero-order valence-corrected chi connectivity index (χ0v) is 4.70. The number of aliphatic hydroxyl groups is 1. The second-order valence-corrected chi connectivity index (χ2v) is 1.63. The van der Waals surface area contributed by atoms with Crippen LogP contribution in [-0.4, -0.2) is 29.0 Å². The standard InChI is InChI=1S/C4H4N2O4/c7-1-2(8)5-4(10)6-3(1)9/h2,8H,(H2,5,6,9,10)/p-1/t2-/m1/s1. The highest BCUT2D eigenvalue weighted by molar-refractivity contribution is 6.41. The molecule has 1 aliphatic heterocycles. The van der Waals surface area contributed by atoms with Crippen LogP contribution < -0.4 is 10.4 Å². The summed E-state index contributed by atoms with van der Waals surface area (Å²) in [7, 11) is 0. The average Bonchev–Trinajstić information content (AvgIpc) is 1.82. The summed E-state index contributed by atoms with van der Waals surface area (Å²) in [5, 5.41) is 20.3. The summed E-state index contributed by atoms with van der Waals surface area (Å²) in [6.07, 6.45) is -1.82. The molecule has 1 rings (SSSR count). The molecule has 0 spiro atoms. The van der Waals surface area contributed by atoms with Crippen molar-refractivity contribution in [2.75, 3.05) is 0 Å².